The van der Waals surface area contributed by atoms with Crippen LogP contribution in [0.4, 0.5) is 5.69 Å². The lowest BCUT2D eigenvalue weighted by molar-refractivity contribution is -0.120. The molecule has 1 aliphatic rings. The molecule has 0 saturated heterocycles. The van der Waals surface area contributed by atoms with Crippen LogP contribution in [0.2, 0.25) is 0 Å². The highest BCUT2D eigenvalue weighted by molar-refractivity contribution is 7.98. The van der Waals surface area contributed by atoms with Crippen molar-refractivity contribution in [2.45, 2.75) is 12.5 Å². The van der Waals surface area contributed by atoms with Gasteiger partial charge in [-0.25, -0.2) is 4.68 Å². The van der Waals surface area contributed by atoms with E-state index in [0.29, 0.717) is 34.7 Å². The molecule has 152 valence electrons. The Balaban J connectivity index is 1.59. The Morgan fingerprint density at radius 2 is 1.83 bits per heavy atom. The van der Waals surface area contributed by atoms with Crippen molar-refractivity contribution in [1.82, 2.24) is 25.1 Å². The number of tetrazole rings is 1. The van der Waals surface area contributed by atoms with Crippen LogP contribution in [0.15, 0.2) is 54.9 Å². The molecule has 1 aliphatic heterocycles. The molecule has 4 rings (SSSR count). The Labute approximate surface area is 176 Å². The van der Waals surface area contributed by atoms with Gasteiger partial charge in [-0.15, -0.1) is 5.10 Å². The summed E-state index contributed by atoms with van der Waals surface area (Å²) in [5, 5.41) is 13.9. The molecule has 9 nitrogen and oxygen atoms in total. The quantitative estimate of drug-likeness (QED) is 0.580. The maximum Gasteiger partial charge on any atom is 0.262 e. The zero-order valence-corrected chi connectivity index (χ0v) is 16.9. The van der Waals surface area contributed by atoms with E-state index in [1.54, 1.807) is 60.3 Å². The maximum absolute atomic E-state index is 13.1. The van der Waals surface area contributed by atoms with E-state index in [4.69, 9.17) is 0 Å². The SMILES string of the molecule is CSCCC(C(=O)Nc1cccc(-n2cnnn2)c1)N1C(=O)c2ccccc2C1=O. The Morgan fingerprint density at radius 3 is 2.47 bits per heavy atom. The average Bonchev–Trinajstić information content (AvgIpc) is 3.38. The second-order valence-electron chi connectivity index (χ2n) is 6.62. The summed E-state index contributed by atoms with van der Waals surface area (Å²) in [6.45, 7) is 0. The normalized spacial score (nSPS) is 14.0. The van der Waals surface area contributed by atoms with Crippen LogP contribution in [0.3, 0.4) is 0 Å². The van der Waals surface area contributed by atoms with Crippen molar-refractivity contribution < 1.29 is 14.4 Å². The second-order valence-corrected chi connectivity index (χ2v) is 7.60. The molecular formula is C20H18N6O3S. The number of rotatable bonds is 7. The van der Waals surface area contributed by atoms with E-state index in [-0.39, 0.29) is 0 Å². The minimum atomic E-state index is -0.915. The van der Waals surface area contributed by atoms with E-state index in [0.717, 1.165) is 4.90 Å². The number of fused-ring (bicyclic) bond motifs is 1. The van der Waals surface area contributed by atoms with Gasteiger partial charge in [-0.2, -0.15) is 11.8 Å². The van der Waals surface area contributed by atoms with Crippen molar-refractivity contribution in [3.05, 3.63) is 66.0 Å². The molecule has 1 aromatic heterocycles. The third-order valence-electron chi connectivity index (χ3n) is 4.76. The summed E-state index contributed by atoms with van der Waals surface area (Å²) in [5.74, 6) is -0.693. The molecule has 0 aliphatic carbocycles. The van der Waals surface area contributed by atoms with Gasteiger partial charge in [0.15, 0.2) is 0 Å². The standard InChI is InChI=1S/C20H18N6O3S/c1-30-10-9-17(26-19(28)15-7-2-3-8-16(15)20(26)29)18(27)22-13-5-4-6-14(11-13)25-12-21-23-24-25/h2-8,11-12,17H,9-10H2,1H3,(H,22,27). The molecule has 1 atom stereocenters. The molecule has 0 fully saturated rings. The number of carbonyl (C=O) groups is 3. The average molecular weight is 422 g/mol. The summed E-state index contributed by atoms with van der Waals surface area (Å²) in [5.41, 5.74) is 1.83. The van der Waals surface area contributed by atoms with Gasteiger partial charge in [-0.05, 0) is 59.2 Å². The molecule has 0 bridgehead atoms. The predicted molar refractivity (Wildman–Crippen MR) is 112 cm³/mol. The fourth-order valence-corrected chi connectivity index (χ4v) is 3.79. The molecule has 0 radical (unpaired) electrons. The topological polar surface area (TPSA) is 110 Å². The third-order valence-corrected chi connectivity index (χ3v) is 5.41. The van der Waals surface area contributed by atoms with E-state index in [2.05, 4.69) is 20.8 Å². The largest absolute Gasteiger partial charge is 0.324 e. The van der Waals surface area contributed by atoms with Crippen LogP contribution in [0, 0.1) is 0 Å². The van der Waals surface area contributed by atoms with Gasteiger partial charge in [0.1, 0.15) is 12.4 Å². The zero-order valence-electron chi connectivity index (χ0n) is 16.1. The molecule has 0 spiro atoms. The number of nitrogens with one attached hydrogen (secondary N) is 1. The first-order chi connectivity index (χ1) is 14.6. The van der Waals surface area contributed by atoms with Gasteiger partial charge < -0.3 is 5.32 Å². The Morgan fingerprint density at radius 1 is 1.10 bits per heavy atom. The molecule has 1 N–H and O–H groups in total. The first kappa shape index (κ1) is 19.8. The molecule has 2 heterocycles. The molecule has 10 heteroatoms. The Kier molecular flexibility index (Phi) is 5.57. The lowest BCUT2D eigenvalue weighted by Gasteiger charge is -2.25. The van der Waals surface area contributed by atoms with Crippen molar-refractivity contribution in [3.8, 4) is 5.69 Å². The highest BCUT2D eigenvalue weighted by Gasteiger charge is 2.42. The van der Waals surface area contributed by atoms with E-state index in [1.807, 2.05) is 6.26 Å². The Hall–Kier alpha value is -3.53. The van der Waals surface area contributed by atoms with Gasteiger partial charge in [-0.1, -0.05) is 18.2 Å². The van der Waals surface area contributed by atoms with Crippen LogP contribution >= 0.6 is 11.8 Å². The van der Waals surface area contributed by atoms with Crippen LogP contribution in [0.5, 0.6) is 0 Å². The molecule has 3 aromatic rings. The summed E-state index contributed by atoms with van der Waals surface area (Å²) < 4.78 is 1.46. The van der Waals surface area contributed by atoms with Crippen LogP contribution in [0.1, 0.15) is 27.1 Å². The van der Waals surface area contributed by atoms with Gasteiger partial charge in [0.05, 0.1) is 16.8 Å². The van der Waals surface area contributed by atoms with Crippen molar-refractivity contribution in [2.24, 2.45) is 0 Å². The fourth-order valence-electron chi connectivity index (χ4n) is 3.33. The van der Waals surface area contributed by atoms with Crippen molar-refractivity contribution >= 4 is 35.2 Å². The summed E-state index contributed by atoms with van der Waals surface area (Å²) in [6, 6.07) is 12.7. The van der Waals surface area contributed by atoms with Gasteiger partial charge in [-0.3, -0.25) is 19.3 Å². The summed E-state index contributed by atoms with van der Waals surface area (Å²) in [7, 11) is 0. The highest BCUT2D eigenvalue weighted by Crippen LogP contribution is 2.27. The molecule has 3 amide bonds. The summed E-state index contributed by atoms with van der Waals surface area (Å²) in [4.78, 5) is 39.9. The molecule has 30 heavy (non-hydrogen) atoms. The third kappa shape index (κ3) is 3.69. The molecule has 0 saturated carbocycles. The van der Waals surface area contributed by atoms with Crippen molar-refractivity contribution in [2.75, 3.05) is 17.3 Å². The van der Waals surface area contributed by atoms with Crippen molar-refractivity contribution in [1.29, 1.82) is 0 Å². The number of aromatic nitrogens is 4. The van der Waals surface area contributed by atoms with Gasteiger partial charge in [0.2, 0.25) is 5.91 Å². The number of carbonyl (C=O) groups excluding carboxylic acids is 3. The van der Waals surface area contributed by atoms with Gasteiger partial charge >= 0.3 is 0 Å². The van der Waals surface area contributed by atoms with Crippen molar-refractivity contribution in [3.63, 3.8) is 0 Å². The first-order valence-corrected chi connectivity index (χ1v) is 10.6. The van der Waals surface area contributed by atoms with Crippen LogP contribution < -0.4 is 5.32 Å². The highest BCUT2D eigenvalue weighted by atomic mass is 32.2. The van der Waals surface area contributed by atoms with E-state index >= 15 is 0 Å². The number of thioether (sulfide) groups is 1. The number of benzene rings is 2. The van der Waals surface area contributed by atoms with Gasteiger partial charge in [0, 0.05) is 5.69 Å². The fraction of sp³-hybridized carbons (Fsp3) is 0.200. The number of nitrogens with zero attached hydrogens (tertiary/aromatic N) is 5. The molecule has 1 unspecified atom stereocenters. The molecule has 2 aromatic carbocycles. The lowest BCUT2D eigenvalue weighted by Crippen LogP contribution is -2.47. The number of hydrogen-bond donors (Lipinski definition) is 1. The van der Waals surface area contributed by atoms with E-state index in [1.165, 1.54) is 11.0 Å². The number of hydrogen-bond acceptors (Lipinski definition) is 7. The predicted octanol–water partition coefficient (Wildman–Crippen LogP) is 2.02. The van der Waals surface area contributed by atoms with E-state index in [9.17, 15) is 14.4 Å². The number of anilines is 1. The van der Waals surface area contributed by atoms with Crippen LogP contribution in [0.25, 0.3) is 5.69 Å². The maximum atomic E-state index is 13.1. The van der Waals surface area contributed by atoms with Crippen LogP contribution in [-0.2, 0) is 4.79 Å². The Bertz CT molecular complexity index is 1070. The van der Waals surface area contributed by atoms with Gasteiger partial charge in [0.25, 0.3) is 11.8 Å². The second kappa shape index (κ2) is 8.46. The van der Waals surface area contributed by atoms with Crippen LogP contribution in [-0.4, -0.2) is 60.9 Å². The molecular weight excluding hydrogens is 404 g/mol. The first-order valence-electron chi connectivity index (χ1n) is 9.20. The minimum absolute atomic E-state index is 0.324. The minimum Gasteiger partial charge on any atom is -0.324 e. The summed E-state index contributed by atoms with van der Waals surface area (Å²) >= 11 is 1.54. The number of amides is 3. The smallest absolute Gasteiger partial charge is 0.262 e. The lowest BCUT2D eigenvalue weighted by atomic mass is 10.1. The summed E-state index contributed by atoms with van der Waals surface area (Å²) in [6.07, 6.45) is 3.71. The number of imide groups is 1. The monoisotopic (exact) mass is 422 g/mol. The zero-order chi connectivity index (χ0) is 21.1. The van der Waals surface area contributed by atoms with E-state index < -0.39 is 23.8 Å².